The highest BCUT2D eigenvalue weighted by Gasteiger charge is 2.39. The lowest BCUT2D eigenvalue weighted by Crippen LogP contribution is -2.33. The van der Waals surface area contributed by atoms with Crippen molar-refractivity contribution < 1.29 is 0 Å². The van der Waals surface area contributed by atoms with Crippen LogP contribution >= 0.6 is 11.3 Å². The van der Waals surface area contributed by atoms with Crippen molar-refractivity contribution in [2.45, 2.75) is 38.6 Å². The maximum Gasteiger partial charge on any atom is 0.0710 e. The Labute approximate surface area is 137 Å². The van der Waals surface area contributed by atoms with E-state index >= 15 is 0 Å². The average molecular weight is 315 g/mol. The lowest BCUT2D eigenvalue weighted by atomic mass is 9.91. The van der Waals surface area contributed by atoms with Gasteiger partial charge in [-0.25, -0.2) is 0 Å². The summed E-state index contributed by atoms with van der Waals surface area (Å²) in [6, 6.07) is 7.15. The van der Waals surface area contributed by atoms with Crippen molar-refractivity contribution >= 4 is 17.0 Å². The summed E-state index contributed by atoms with van der Waals surface area (Å²) < 4.78 is 0. The summed E-state index contributed by atoms with van der Waals surface area (Å²) >= 11 is 1.86. The summed E-state index contributed by atoms with van der Waals surface area (Å²) in [6.45, 7) is 8.79. The van der Waals surface area contributed by atoms with E-state index in [1.807, 2.05) is 24.6 Å². The first-order valence-electron chi connectivity index (χ1n) is 7.95. The fraction of sp³-hybridized carbons (Fsp3) is 0.500. The van der Waals surface area contributed by atoms with Crippen molar-refractivity contribution in [1.29, 1.82) is 0 Å². The standard InChI is InChI=1S/C18H25N3S/c1-13-10-15-17(20-11-13)18(2,3)12-21(15)14(7-8-19-4)16-6-5-9-22-16/h5-6,9-11,14,19H,7-8,12H2,1-4H3. The van der Waals surface area contributed by atoms with Gasteiger partial charge in [0.1, 0.15) is 0 Å². The van der Waals surface area contributed by atoms with E-state index in [0.29, 0.717) is 6.04 Å². The number of rotatable bonds is 5. The van der Waals surface area contributed by atoms with Gasteiger partial charge in [0.05, 0.1) is 17.4 Å². The molecule has 4 heteroatoms. The van der Waals surface area contributed by atoms with Crippen LogP contribution in [0.3, 0.4) is 0 Å². The average Bonchev–Trinajstić information content (AvgIpc) is 3.07. The number of nitrogens with zero attached hydrogens (tertiary/aromatic N) is 2. The van der Waals surface area contributed by atoms with Crippen molar-refractivity contribution in [3.63, 3.8) is 0 Å². The molecule has 3 heterocycles. The van der Waals surface area contributed by atoms with Gasteiger partial charge in [0.25, 0.3) is 0 Å². The van der Waals surface area contributed by atoms with E-state index in [1.54, 1.807) is 0 Å². The normalized spacial score (nSPS) is 17.5. The third-order valence-electron chi connectivity index (χ3n) is 4.44. The summed E-state index contributed by atoms with van der Waals surface area (Å²) in [4.78, 5) is 8.76. The Kier molecular flexibility index (Phi) is 4.24. The van der Waals surface area contributed by atoms with Crippen LogP contribution in [0.15, 0.2) is 29.8 Å². The van der Waals surface area contributed by atoms with Gasteiger partial charge < -0.3 is 10.2 Å². The van der Waals surface area contributed by atoms with Gasteiger partial charge in [-0.15, -0.1) is 11.3 Å². The highest BCUT2D eigenvalue weighted by molar-refractivity contribution is 7.10. The molecule has 3 rings (SSSR count). The van der Waals surface area contributed by atoms with Crippen LogP contribution in [-0.2, 0) is 5.41 Å². The molecule has 0 saturated carbocycles. The third kappa shape index (κ3) is 2.77. The Bertz CT molecular complexity index is 634. The van der Waals surface area contributed by atoms with Crippen LogP contribution in [0.4, 0.5) is 5.69 Å². The van der Waals surface area contributed by atoms with Crippen LogP contribution in [0.1, 0.15) is 42.4 Å². The summed E-state index contributed by atoms with van der Waals surface area (Å²) in [5, 5.41) is 5.48. The molecular weight excluding hydrogens is 290 g/mol. The zero-order valence-corrected chi connectivity index (χ0v) is 14.7. The number of aryl methyl sites for hydroxylation is 1. The quantitative estimate of drug-likeness (QED) is 0.907. The van der Waals surface area contributed by atoms with Crippen molar-refractivity contribution in [1.82, 2.24) is 10.3 Å². The summed E-state index contributed by atoms with van der Waals surface area (Å²) in [6.07, 6.45) is 3.11. The second-order valence-corrected chi connectivity index (χ2v) is 7.79. The van der Waals surface area contributed by atoms with Gasteiger partial charge in [-0.1, -0.05) is 19.9 Å². The molecule has 1 N–H and O–H groups in total. The predicted molar refractivity (Wildman–Crippen MR) is 94.9 cm³/mol. The van der Waals surface area contributed by atoms with Gasteiger partial charge in [0.15, 0.2) is 0 Å². The molecule has 1 unspecified atom stereocenters. The second kappa shape index (κ2) is 6.01. The van der Waals surface area contributed by atoms with E-state index in [1.165, 1.54) is 21.8 Å². The Morgan fingerprint density at radius 1 is 1.45 bits per heavy atom. The molecule has 0 bridgehead atoms. The predicted octanol–water partition coefficient (Wildman–Crippen LogP) is 3.90. The molecule has 0 spiro atoms. The van der Waals surface area contributed by atoms with Gasteiger partial charge in [-0.3, -0.25) is 4.98 Å². The van der Waals surface area contributed by atoms with Crippen LogP contribution < -0.4 is 10.2 Å². The minimum atomic E-state index is 0.109. The van der Waals surface area contributed by atoms with Gasteiger partial charge >= 0.3 is 0 Å². The number of anilines is 1. The number of aromatic nitrogens is 1. The Balaban J connectivity index is 2.01. The van der Waals surface area contributed by atoms with E-state index in [-0.39, 0.29) is 5.41 Å². The van der Waals surface area contributed by atoms with E-state index in [4.69, 9.17) is 4.98 Å². The van der Waals surface area contributed by atoms with Crippen LogP contribution in [0.5, 0.6) is 0 Å². The molecular formula is C18H25N3S. The second-order valence-electron chi connectivity index (χ2n) is 6.82. The van der Waals surface area contributed by atoms with E-state index in [9.17, 15) is 0 Å². The van der Waals surface area contributed by atoms with Gasteiger partial charge in [-0.2, -0.15) is 0 Å². The Morgan fingerprint density at radius 2 is 2.27 bits per heavy atom. The number of thiophene rings is 1. The summed E-state index contributed by atoms with van der Waals surface area (Å²) in [5.41, 5.74) is 3.90. The van der Waals surface area contributed by atoms with Crippen molar-refractivity contribution in [2.75, 3.05) is 25.0 Å². The molecule has 3 nitrogen and oxygen atoms in total. The number of pyridine rings is 1. The number of fused-ring (bicyclic) bond motifs is 1. The molecule has 1 aliphatic rings. The minimum Gasteiger partial charge on any atom is -0.361 e. The fourth-order valence-electron chi connectivity index (χ4n) is 3.37. The smallest absolute Gasteiger partial charge is 0.0710 e. The van der Waals surface area contributed by atoms with E-state index < -0.39 is 0 Å². The SMILES string of the molecule is CNCCC(c1cccs1)N1CC(C)(C)c2ncc(C)cc21. The molecule has 2 aromatic heterocycles. The van der Waals surface area contributed by atoms with Gasteiger partial charge in [0.2, 0.25) is 0 Å². The minimum absolute atomic E-state index is 0.109. The first kappa shape index (κ1) is 15.5. The molecule has 0 radical (unpaired) electrons. The molecule has 118 valence electrons. The fourth-order valence-corrected chi connectivity index (χ4v) is 4.25. The number of nitrogens with one attached hydrogen (secondary N) is 1. The molecule has 0 fully saturated rings. The van der Waals surface area contributed by atoms with E-state index in [0.717, 1.165) is 19.5 Å². The third-order valence-corrected chi connectivity index (χ3v) is 5.41. The van der Waals surface area contributed by atoms with Crippen LogP contribution in [-0.4, -0.2) is 25.1 Å². The van der Waals surface area contributed by atoms with Crippen molar-refractivity contribution in [3.8, 4) is 0 Å². The molecule has 0 amide bonds. The van der Waals surface area contributed by atoms with Crippen molar-refractivity contribution in [3.05, 3.63) is 45.9 Å². The summed E-state index contributed by atoms with van der Waals surface area (Å²) in [7, 11) is 2.03. The van der Waals surface area contributed by atoms with Gasteiger partial charge in [0, 0.05) is 23.0 Å². The summed E-state index contributed by atoms with van der Waals surface area (Å²) in [5.74, 6) is 0. The highest BCUT2D eigenvalue weighted by atomic mass is 32.1. The largest absolute Gasteiger partial charge is 0.361 e. The molecule has 22 heavy (non-hydrogen) atoms. The molecule has 1 atom stereocenters. The van der Waals surface area contributed by atoms with Gasteiger partial charge in [-0.05, 0) is 50.0 Å². The maximum absolute atomic E-state index is 4.75. The highest BCUT2D eigenvalue weighted by Crippen LogP contribution is 2.44. The number of hydrogen-bond donors (Lipinski definition) is 1. The topological polar surface area (TPSA) is 28.2 Å². The zero-order chi connectivity index (χ0) is 15.7. The molecule has 0 saturated heterocycles. The molecule has 2 aromatic rings. The van der Waals surface area contributed by atoms with Crippen LogP contribution in [0.2, 0.25) is 0 Å². The lowest BCUT2D eigenvalue weighted by Gasteiger charge is -2.31. The Hall–Kier alpha value is -1.39. The van der Waals surface area contributed by atoms with Crippen LogP contribution in [0.25, 0.3) is 0 Å². The monoisotopic (exact) mass is 315 g/mol. The Morgan fingerprint density at radius 3 is 2.95 bits per heavy atom. The van der Waals surface area contributed by atoms with E-state index in [2.05, 4.69) is 54.6 Å². The molecule has 0 aliphatic carbocycles. The first-order chi connectivity index (χ1) is 10.5. The maximum atomic E-state index is 4.75. The first-order valence-corrected chi connectivity index (χ1v) is 8.82. The lowest BCUT2D eigenvalue weighted by molar-refractivity contribution is 0.494. The zero-order valence-electron chi connectivity index (χ0n) is 13.9. The van der Waals surface area contributed by atoms with Crippen LogP contribution in [0, 0.1) is 6.92 Å². The van der Waals surface area contributed by atoms with Crippen molar-refractivity contribution in [2.24, 2.45) is 0 Å². The molecule has 0 aromatic carbocycles. The molecule has 1 aliphatic heterocycles. The number of hydrogen-bond acceptors (Lipinski definition) is 4.